The van der Waals surface area contributed by atoms with Crippen LogP contribution in [-0.2, 0) is 11.2 Å². The van der Waals surface area contributed by atoms with Crippen LogP contribution in [0.4, 0.5) is 0 Å². The monoisotopic (exact) mass is 328 g/mol. The first-order valence-electron chi connectivity index (χ1n) is 9.17. The average molecular weight is 328 g/mol. The molecule has 1 aromatic carbocycles. The number of para-hydroxylation sites is 1. The maximum atomic E-state index is 5.84. The van der Waals surface area contributed by atoms with Gasteiger partial charge in [-0.25, -0.2) is 0 Å². The number of benzene rings is 1. The van der Waals surface area contributed by atoms with Crippen LogP contribution < -0.4 is 4.74 Å². The third-order valence-corrected chi connectivity index (χ3v) is 3.94. The lowest BCUT2D eigenvalue weighted by Crippen LogP contribution is -2.13. The minimum Gasteiger partial charge on any atom is -0.489 e. The van der Waals surface area contributed by atoms with E-state index in [0.717, 1.165) is 25.0 Å². The molecule has 2 heteroatoms. The second-order valence-corrected chi connectivity index (χ2v) is 5.21. The zero-order chi connectivity index (χ0) is 17.8. The van der Waals surface area contributed by atoms with Gasteiger partial charge in [0.25, 0.3) is 0 Å². The van der Waals surface area contributed by atoms with Gasteiger partial charge >= 0.3 is 0 Å². The smallest absolute Gasteiger partial charge is 0.122 e. The number of fused-ring (bicyclic) bond motifs is 1. The van der Waals surface area contributed by atoms with Crippen LogP contribution >= 0.6 is 0 Å². The maximum absolute atomic E-state index is 5.84. The predicted octanol–water partition coefficient (Wildman–Crippen LogP) is 5.89. The highest BCUT2D eigenvalue weighted by molar-refractivity contribution is 5.41. The van der Waals surface area contributed by atoms with Crippen molar-refractivity contribution in [1.29, 1.82) is 0 Å². The van der Waals surface area contributed by atoms with Crippen molar-refractivity contribution in [1.82, 2.24) is 0 Å². The van der Waals surface area contributed by atoms with E-state index < -0.39 is 0 Å². The zero-order valence-electron chi connectivity index (χ0n) is 15.8. The summed E-state index contributed by atoms with van der Waals surface area (Å²) < 4.78 is 11.3. The zero-order valence-corrected chi connectivity index (χ0v) is 15.8. The fourth-order valence-electron chi connectivity index (χ4n) is 2.78. The molecule has 1 unspecified atom stereocenters. The van der Waals surface area contributed by atoms with E-state index >= 15 is 0 Å². The lowest BCUT2D eigenvalue weighted by atomic mass is 9.91. The normalized spacial score (nSPS) is 20.1. The molecule has 0 saturated carbocycles. The Labute approximate surface area is 147 Å². The van der Waals surface area contributed by atoms with Crippen LogP contribution in [-0.4, -0.2) is 19.8 Å². The molecule has 1 aliphatic heterocycles. The van der Waals surface area contributed by atoms with Crippen LogP contribution in [0.3, 0.4) is 0 Å². The van der Waals surface area contributed by atoms with Gasteiger partial charge in [0.2, 0.25) is 0 Å². The molecule has 0 radical (unpaired) electrons. The van der Waals surface area contributed by atoms with E-state index in [1.807, 2.05) is 33.8 Å². The molecule has 1 atom stereocenters. The molecular formula is C22H32O2. The first-order valence-corrected chi connectivity index (χ1v) is 9.17. The Hall–Kier alpha value is -1.80. The van der Waals surface area contributed by atoms with Crippen molar-refractivity contribution in [2.45, 2.75) is 53.1 Å². The molecule has 0 amide bonds. The van der Waals surface area contributed by atoms with Crippen molar-refractivity contribution in [3.05, 3.63) is 65.3 Å². The molecule has 2 nitrogen and oxygen atoms in total. The highest BCUT2D eigenvalue weighted by Crippen LogP contribution is 2.28. The van der Waals surface area contributed by atoms with Gasteiger partial charge in [0.15, 0.2) is 0 Å². The van der Waals surface area contributed by atoms with Gasteiger partial charge in [-0.1, -0.05) is 64.1 Å². The van der Waals surface area contributed by atoms with Gasteiger partial charge in [0, 0.05) is 13.5 Å². The van der Waals surface area contributed by atoms with Gasteiger partial charge < -0.3 is 9.47 Å². The summed E-state index contributed by atoms with van der Waals surface area (Å²) in [5.41, 5.74) is 4.09. The Balaban J connectivity index is 0.000000671. The molecule has 1 aromatic rings. The van der Waals surface area contributed by atoms with Gasteiger partial charge in [0.05, 0.1) is 6.10 Å². The van der Waals surface area contributed by atoms with Crippen molar-refractivity contribution in [2.75, 3.05) is 13.7 Å². The summed E-state index contributed by atoms with van der Waals surface area (Å²) in [4.78, 5) is 0. The molecule has 0 bridgehead atoms. The van der Waals surface area contributed by atoms with Crippen molar-refractivity contribution in [3.63, 3.8) is 0 Å². The topological polar surface area (TPSA) is 18.5 Å². The number of allylic oxidation sites excluding steroid dienone is 3. The second kappa shape index (κ2) is 11.7. The number of rotatable bonds is 1. The lowest BCUT2D eigenvalue weighted by Gasteiger charge is -2.21. The SMILES string of the molecule is CC.CC.COC1C=CC2=C(/C=C\COc3ccccc3CC2)C1. The van der Waals surface area contributed by atoms with Crippen molar-refractivity contribution >= 4 is 0 Å². The molecule has 24 heavy (non-hydrogen) atoms. The van der Waals surface area contributed by atoms with E-state index in [4.69, 9.17) is 9.47 Å². The van der Waals surface area contributed by atoms with Crippen LogP contribution in [0.5, 0.6) is 5.75 Å². The van der Waals surface area contributed by atoms with E-state index in [9.17, 15) is 0 Å². The summed E-state index contributed by atoms with van der Waals surface area (Å²) in [5.74, 6) is 1.01. The predicted molar refractivity (Wildman–Crippen MR) is 104 cm³/mol. The fourth-order valence-corrected chi connectivity index (χ4v) is 2.78. The molecule has 2 aliphatic rings. The van der Waals surface area contributed by atoms with Crippen molar-refractivity contribution in [2.24, 2.45) is 0 Å². The summed E-state index contributed by atoms with van der Waals surface area (Å²) >= 11 is 0. The first-order chi connectivity index (χ1) is 11.9. The molecular weight excluding hydrogens is 296 g/mol. The molecule has 0 saturated heterocycles. The maximum Gasteiger partial charge on any atom is 0.122 e. The van der Waals surface area contributed by atoms with Crippen LogP contribution in [0, 0.1) is 0 Å². The molecule has 1 heterocycles. The van der Waals surface area contributed by atoms with E-state index in [0.29, 0.717) is 6.61 Å². The van der Waals surface area contributed by atoms with E-state index in [-0.39, 0.29) is 6.10 Å². The van der Waals surface area contributed by atoms with Crippen molar-refractivity contribution < 1.29 is 9.47 Å². The Morgan fingerprint density at radius 3 is 2.46 bits per heavy atom. The van der Waals surface area contributed by atoms with Gasteiger partial charge in [-0.15, -0.1) is 0 Å². The largest absolute Gasteiger partial charge is 0.489 e. The molecule has 132 valence electrons. The molecule has 0 fully saturated rings. The number of ether oxygens (including phenoxy) is 2. The Morgan fingerprint density at radius 1 is 0.958 bits per heavy atom. The average Bonchev–Trinajstić information content (AvgIpc) is 2.68. The quantitative estimate of drug-likeness (QED) is 0.640. The lowest BCUT2D eigenvalue weighted by molar-refractivity contribution is 0.140. The summed E-state index contributed by atoms with van der Waals surface area (Å²) in [7, 11) is 1.77. The van der Waals surface area contributed by atoms with E-state index in [1.54, 1.807) is 7.11 Å². The molecule has 0 spiro atoms. The Morgan fingerprint density at radius 2 is 1.71 bits per heavy atom. The minimum absolute atomic E-state index is 0.203. The molecule has 0 aromatic heterocycles. The molecule has 0 N–H and O–H groups in total. The van der Waals surface area contributed by atoms with E-state index in [1.165, 1.54) is 16.7 Å². The summed E-state index contributed by atoms with van der Waals surface area (Å²) in [5, 5.41) is 0. The Bertz CT molecular complexity index is 567. The Kier molecular flexibility index (Phi) is 9.86. The molecule has 3 rings (SSSR count). The van der Waals surface area contributed by atoms with E-state index in [2.05, 4.69) is 42.5 Å². The van der Waals surface area contributed by atoms with Gasteiger partial charge in [-0.2, -0.15) is 0 Å². The number of aryl methyl sites for hydroxylation is 1. The highest BCUT2D eigenvalue weighted by atomic mass is 16.5. The number of methoxy groups -OCH3 is 1. The van der Waals surface area contributed by atoms with Crippen molar-refractivity contribution in [3.8, 4) is 5.75 Å². The highest BCUT2D eigenvalue weighted by Gasteiger charge is 2.15. The van der Waals surface area contributed by atoms with Gasteiger partial charge in [-0.3, -0.25) is 0 Å². The third kappa shape index (κ3) is 5.68. The number of hydrogen-bond acceptors (Lipinski definition) is 2. The number of hydrogen-bond donors (Lipinski definition) is 0. The van der Waals surface area contributed by atoms with Crippen LogP contribution in [0.25, 0.3) is 0 Å². The van der Waals surface area contributed by atoms with Crippen LogP contribution in [0.1, 0.15) is 46.1 Å². The molecule has 1 aliphatic carbocycles. The van der Waals surface area contributed by atoms with Crippen LogP contribution in [0.2, 0.25) is 0 Å². The van der Waals surface area contributed by atoms with Gasteiger partial charge in [0.1, 0.15) is 12.4 Å². The van der Waals surface area contributed by atoms with Crippen LogP contribution in [0.15, 0.2) is 59.7 Å². The summed E-state index contributed by atoms with van der Waals surface area (Å²) in [6, 6.07) is 8.32. The minimum atomic E-state index is 0.203. The summed E-state index contributed by atoms with van der Waals surface area (Å²) in [6.07, 6.45) is 11.9. The van der Waals surface area contributed by atoms with Gasteiger partial charge in [-0.05, 0) is 41.7 Å². The standard InChI is InChI=1S/C18H20O2.2C2H6/c1-19-17-11-10-14-8-9-15-5-2-3-7-18(15)20-12-4-6-16(14)13-17;2*1-2/h2-7,10-11,17H,8-9,12-13H2,1H3;2*1-2H3/b6-4-;;. The summed E-state index contributed by atoms with van der Waals surface area (Å²) in [6.45, 7) is 8.62. The second-order valence-electron chi connectivity index (χ2n) is 5.21. The first kappa shape index (κ1) is 20.2. The third-order valence-electron chi connectivity index (χ3n) is 3.94. The fraction of sp³-hybridized carbons (Fsp3) is 0.455.